The molecule has 1 saturated heterocycles. The van der Waals surface area contributed by atoms with Crippen LogP contribution in [-0.2, 0) is 6.54 Å². The highest BCUT2D eigenvalue weighted by molar-refractivity contribution is 5.48. The van der Waals surface area contributed by atoms with Crippen LogP contribution in [0, 0.1) is 10.1 Å². The van der Waals surface area contributed by atoms with Crippen LogP contribution in [-0.4, -0.2) is 61.1 Å². The molecular weight excluding hydrogens is 272 g/mol. The minimum absolute atomic E-state index is 0.00872. The SMILES string of the molecule is CN1CCN(CCOc2cc(CN)ccc2[N+](=O)[O-])CC1. The molecule has 0 amide bonds. The zero-order valence-electron chi connectivity index (χ0n) is 12.3. The van der Waals surface area contributed by atoms with Crippen molar-refractivity contribution in [2.24, 2.45) is 5.73 Å². The van der Waals surface area contributed by atoms with Crippen LogP contribution in [0.25, 0.3) is 0 Å². The molecule has 0 spiro atoms. The van der Waals surface area contributed by atoms with Crippen LogP contribution in [0.15, 0.2) is 18.2 Å². The van der Waals surface area contributed by atoms with Crippen molar-refractivity contribution in [2.75, 3.05) is 46.4 Å². The minimum atomic E-state index is -0.425. The maximum absolute atomic E-state index is 11.0. The van der Waals surface area contributed by atoms with E-state index in [2.05, 4.69) is 16.8 Å². The Morgan fingerprint density at radius 1 is 1.33 bits per heavy atom. The van der Waals surface area contributed by atoms with Gasteiger partial charge in [0.05, 0.1) is 4.92 Å². The lowest BCUT2D eigenvalue weighted by atomic mass is 10.2. The molecule has 116 valence electrons. The van der Waals surface area contributed by atoms with Crippen LogP contribution in [0.3, 0.4) is 0 Å². The summed E-state index contributed by atoms with van der Waals surface area (Å²) in [7, 11) is 2.11. The van der Waals surface area contributed by atoms with E-state index >= 15 is 0 Å². The minimum Gasteiger partial charge on any atom is -0.485 e. The predicted octanol–water partition coefficient (Wildman–Crippen LogP) is 0.680. The Morgan fingerprint density at radius 3 is 2.67 bits per heavy atom. The molecule has 0 unspecified atom stereocenters. The molecule has 0 bridgehead atoms. The van der Waals surface area contributed by atoms with Crippen LogP contribution in [0.5, 0.6) is 5.75 Å². The molecule has 2 N–H and O–H groups in total. The molecule has 1 fully saturated rings. The number of rotatable bonds is 6. The fourth-order valence-electron chi connectivity index (χ4n) is 2.31. The third-order valence-corrected chi connectivity index (χ3v) is 3.72. The zero-order chi connectivity index (χ0) is 15.2. The van der Waals surface area contributed by atoms with Gasteiger partial charge in [-0.05, 0) is 18.7 Å². The van der Waals surface area contributed by atoms with Crippen molar-refractivity contribution in [3.05, 3.63) is 33.9 Å². The number of benzene rings is 1. The summed E-state index contributed by atoms with van der Waals surface area (Å²) in [4.78, 5) is 15.2. The Hall–Kier alpha value is -1.70. The maximum Gasteiger partial charge on any atom is 0.310 e. The fourth-order valence-corrected chi connectivity index (χ4v) is 2.31. The number of hydrogen-bond acceptors (Lipinski definition) is 6. The Balaban J connectivity index is 1.91. The van der Waals surface area contributed by atoms with Gasteiger partial charge in [0.1, 0.15) is 6.61 Å². The topological polar surface area (TPSA) is 84.9 Å². The molecule has 0 aromatic heterocycles. The smallest absolute Gasteiger partial charge is 0.310 e. The number of nitro groups is 1. The predicted molar refractivity (Wildman–Crippen MR) is 80.4 cm³/mol. The summed E-state index contributed by atoms with van der Waals surface area (Å²) >= 11 is 0. The first-order valence-corrected chi connectivity index (χ1v) is 7.11. The normalized spacial score (nSPS) is 16.9. The number of nitrogens with two attached hydrogens (primary N) is 1. The van der Waals surface area contributed by atoms with Gasteiger partial charge < -0.3 is 15.4 Å². The Kier molecular flexibility index (Phi) is 5.49. The number of nitrogens with zero attached hydrogens (tertiary/aromatic N) is 3. The molecule has 7 nitrogen and oxygen atoms in total. The molecule has 1 aliphatic heterocycles. The van der Waals surface area contributed by atoms with Gasteiger partial charge >= 0.3 is 5.69 Å². The van der Waals surface area contributed by atoms with E-state index in [4.69, 9.17) is 10.5 Å². The van der Waals surface area contributed by atoms with E-state index in [1.54, 1.807) is 12.1 Å². The van der Waals surface area contributed by atoms with Gasteiger partial charge in [0.15, 0.2) is 5.75 Å². The largest absolute Gasteiger partial charge is 0.485 e. The molecule has 1 heterocycles. The van der Waals surface area contributed by atoms with Crippen molar-refractivity contribution in [3.8, 4) is 5.75 Å². The Morgan fingerprint density at radius 2 is 2.05 bits per heavy atom. The molecule has 0 atom stereocenters. The van der Waals surface area contributed by atoms with Gasteiger partial charge in [0.25, 0.3) is 0 Å². The summed E-state index contributed by atoms with van der Waals surface area (Å²) in [5.41, 5.74) is 6.39. The maximum atomic E-state index is 11.0. The van der Waals surface area contributed by atoms with Crippen molar-refractivity contribution in [1.29, 1.82) is 0 Å². The second-order valence-corrected chi connectivity index (χ2v) is 5.26. The number of hydrogen-bond donors (Lipinski definition) is 1. The summed E-state index contributed by atoms with van der Waals surface area (Å²) in [5, 5.41) is 11.0. The summed E-state index contributed by atoms with van der Waals surface area (Å²) in [5.74, 6) is 0.303. The highest BCUT2D eigenvalue weighted by atomic mass is 16.6. The van der Waals surface area contributed by atoms with Crippen molar-refractivity contribution < 1.29 is 9.66 Å². The first-order valence-electron chi connectivity index (χ1n) is 7.11. The van der Waals surface area contributed by atoms with Crippen LogP contribution in [0.2, 0.25) is 0 Å². The van der Waals surface area contributed by atoms with Crippen molar-refractivity contribution >= 4 is 5.69 Å². The standard InChI is InChI=1S/C14H22N4O3/c1-16-4-6-17(7-5-16)8-9-21-14-10-12(11-15)2-3-13(14)18(19)20/h2-3,10H,4-9,11,15H2,1H3. The van der Waals surface area contributed by atoms with Gasteiger partial charge in [-0.1, -0.05) is 6.07 Å². The van der Waals surface area contributed by atoms with E-state index in [0.29, 0.717) is 18.9 Å². The van der Waals surface area contributed by atoms with Gasteiger partial charge in [-0.3, -0.25) is 15.0 Å². The van der Waals surface area contributed by atoms with Crippen molar-refractivity contribution in [2.45, 2.75) is 6.54 Å². The second kappa shape index (κ2) is 7.35. The molecule has 1 aliphatic rings. The lowest BCUT2D eigenvalue weighted by Gasteiger charge is -2.32. The van der Waals surface area contributed by atoms with Gasteiger partial charge in [-0.25, -0.2) is 0 Å². The van der Waals surface area contributed by atoms with Gasteiger partial charge in [0, 0.05) is 45.3 Å². The van der Waals surface area contributed by atoms with E-state index in [1.165, 1.54) is 6.07 Å². The van der Waals surface area contributed by atoms with Crippen LogP contribution in [0.4, 0.5) is 5.69 Å². The second-order valence-electron chi connectivity index (χ2n) is 5.26. The summed E-state index contributed by atoms with van der Waals surface area (Å²) in [6, 6.07) is 4.76. The molecular formula is C14H22N4O3. The van der Waals surface area contributed by atoms with Crippen molar-refractivity contribution in [3.63, 3.8) is 0 Å². The van der Waals surface area contributed by atoms with Gasteiger partial charge in [-0.2, -0.15) is 0 Å². The number of piperazine rings is 1. The van der Waals surface area contributed by atoms with E-state index in [-0.39, 0.29) is 5.69 Å². The fraction of sp³-hybridized carbons (Fsp3) is 0.571. The third-order valence-electron chi connectivity index (χ3n) is 3.72. The molecule has 0 radical (unpaired) electrons. The first kappa shape index (κ1) is 15.7. The van der Waals surface area contributed by atoms with Crippen LogP contribution >= 0.6 is 0 Å². The van der Waals surface area contributed by atoms with Gasteiger partial charge in [-0.15, -0.1) is 0 Å². The van der Waals surface area contributed by atoms with Gasteiger partial charge in [0.2, 0.25) is 0 Å². The average Bonchev–Trinajstić information content (AvgIpc) is 2.49. The Labute approximate surface area is 124 Å². The number of nitro benzene ring substituents is 1. The highest BCUT2D eigenvalue weighted by Gasteiger charge is 2.17. The number of ether oxygens (including phenoxy) is 1. The average molecular weight is 294 g/mol. The zero-order valence-corrected chi connectivity index (χ0v) is 12.3. The van der Waals surface area contributed by atoms with E-state index in [9.17, 15) is 10.1 Å². The highest BCUT2D eigenvalue weighted by Crippen LogP contribution is 2.27. The summed E-state index contributed by atoms with van der Waals surface area (Å²) < 4.78 is 5.62. The van der Waals surface area contributed by atoms with E-state index < -0.39 is 4.92 Å². The molecule has 21 heavy (non-hydrogen) atoms. The quantitative estimate of drug-likeness (QED) is 0.613. The molecule has 0 aliphatic carbocycles. The monoisotopic (exact) mass is 294 g/mol. The Bertz CT molecular complexity index is 487. The molecule has 0 saturated carbocycles. The van der Waals surface area contributed by atoms with Crippen LogP contribution < -0.4 is 10.5 Å². The molecule has 1 aromatic carbocycles. The summed E-state index contributed by atoms with van der Waals surface area (Å²) in [6.45, 7) is 5.66. The van der Waals surface area contributed by atoms with Crippen molar-refractivity contribution in [1.82, 2.24) is 9.80 Å². The number of likely N-dealkylation sites (N-methyl/N-ethyl adjacent to an activating group) is 1. The van der Waals surface area contributed by atoms with Crippen LogP contribution in [0.1, 0.15) is 5.56 Å². The summed E-state index contributed by atoms with van der Waals surface area (Å²) in [6.07, 6.45) is 0. The lowest BCUT2D eigenvalue weighted by molar-refractivity contribution is -0.385. The third kappa shape index (κ3) is 4.38. The molecule has 7 heteroatoms. The lowest BCUT2D eigenvalue weighted by Crippen LogP contribution is -2.45. The molecule has 1 aromatic rings. The molecule has 2 rings (SSSR count). The van der Waals surface area contributed by atoms with E-state index in [0.717, 1.165) is 38.3 Å². The van der Waals surface area contributed by atoms with E-state index in [1.807, 2.05) is 0 Å². The first-order chi connectivity index (χ1) is 10.1.